The van der Waals surface area contributed by atoms with Gasteiger partial charge in [0.1, 0.15) is 5.76 Å². The number of hydrogen-bond acceptors (Lipinski definition) is 5. The SMILES string of the molecule is Cc1nc(C(C)(C)N2CC=CC(OCC3CC3)=C2c2cccc(Cl)c2)no1. The number of ether oxygens (including phenoxy) is 1. The van der Waals surface area contributed by atoms with Crippen molar-refractivity contribution in [1.29, 1.82) is 0 Å². The number of aromatic nitrogens is 2. The molecule has 1 fully saturated rings. The Balaban J connectivity index is 1.77. The third kappa shape index (κ3) is 3.74. The molecule has 0 amide bonds. The van der Waals surface area contributed by atoms with Gasteiger partial charge >= 0.3 is 0 Å². The summed E-state index contributed by atoms with van der Waals surface area (Å²) in [5.41, 5.74) is 1.55. The molecule has 4 rings (SSSR count). The van der Waals surface area contributed by atoms with Crippen LogP contribution in [0.4, 0.5) is 0 Å². The van der Waals surface area contributed by atoms with Crippen LogP contribution in [0.5, 0.6) is 0 Å². The van der Waals surface area contributed by atoms with Crippen molar-refractivity contribution in [3.63, 3.8) is 0 Å². The molecule has 0 bridgehead atoms. The van der Waals surface area contributed by atoms with Gasteiger partial charge in [0.05, 0.1) is 17.8 Å². The fourth-order valence-corrected chi connectivity index (χ4v) is 3.48. The predicted octanol–water partition coefficient (Wildman–Crippen LogP) is 4.93. The van der Waals surface area contributed by atoms with E-state index in [4.69, 9.17) is 20.9 Å². The van der Waals surface area contributed by atoms with Crippen LogP contribution in [0.1, 0.15) is 44.0 Å². The highest BCUT2D eigenvalue weighted by molar-refractivity contribution is 6.30. The lowest BCUT2D eigenvalue weighted by molar-refractivity contribution is 0.169. The molecule has 1 aromatic heterocycles. The van der Waals surface area contributed by atoms with Gasteiger partial charge in [0, 0.05) is 24.1 Å². The van der Waals surface area contributed by atoms with Gasteiger partial charge in [-0.2, -0.15) is 4.98 Å². The number of benzene rings is 1. The van der Waals surface area contributed by atoms with E-state index in [1.165, 1.54) is 12.8 Å². The topological polar surface area (TPSA) is 51.4 Å². The molecule has 0 radical (unpaired) electrons. The Morgan fingerprint density at radius 2 is 2.15 bits per heavy atom. The van der Waals surface area contributed by atoms with Gasteiger partial charge in [-0.25, -0.2) is 0 Å². The molecule has 1 aromatic carbocycles. The van der Waals surface area contributed by atoms with Crippen LogP contribution in [-0.4, -0.2) is 28.2 Å². The molecule has 0 saturated heterocycles. The Bertz CT molecular complexity index is 896. The molecule has 5 nitrogen and oxygen atoms in total. The van der Waals surface area contributed by atoms with Crippen LogP contribution in [0.25, 0.3) is 5.70 Å². The first-order chi connectivity index (χ1) is 12.9. The zero-order valence-electron chi connectivity index (χ0n) is 15.9. The van der Waals surface area contributed by atoms with Crippen LogP contribution in [-0.2, 0) is 10.3 Å². The number of nitrogens with zero attached hydrogens (tertiary/aromatic N) is 3. The van der Waals surface area contributed by atoms with Gasteiger partial charge in [-0.1, -0.05) is 35.0 Å². The maximum atomic E-state index is 6.29. The van der Waals surface area contributed by atoms with E-state index in [2.05, 4.69) is 47.1 Å². The van der Waals surface area contributed by atoms with Crippen molar-refractivity contribution in [3.8, 4) is 0 Å². The van der Waals surface area contributed by atoms with Gasteiger partial charge in [-0.05, 0) is 50.8 Å². The molecular weight excluding hydrogens is 362 g/mol. The molecule has 2 aliphatic rings. The second-order valence-electron chi connectivity index (χ2n) is 7.69. The van der Waals surface area contributed by atoms with E-state index in [1.54, 1.807) is 6.92 Å². The molecular formula is C21H24ClN3O2. The summed E-state index contributed by atoms with van der Waals surface area (Å²) in [5, 5.41) is 4.87. The summed E-state index contributed by atoms with van der Waals surface area (Å²) in [6, 6.07) is 7.88. The number of aryl methyl sites for hydroxylation is 1. The smallest absolute Gasteiger partial charge is 0.223 e. The Morgan fingerprint density at radius 1 is 1.33 bits per heavy atom. The molecule has 2 heterocycles. The van der Waals surface area contributed by atoms with Crippen molar-refractivity contribution in [2.24, 2.45) is 5.92 Å². The maximum absolute atomic E-state index is 6.29. The zero-order valence-corrected chi connectivity index (χ0v) is 16.7. The van der Waals surface area contributed by atoms with Crippen molar-refractivity contribution in [3.05, 3.63) is 64.5 Å². The average Bonchev–Trinajstić information content (AvgIpc) is 3.37. The Labute approximate surface area is 164 Å². The fourth-order valence-electron chi connectivity index (χ4n) is 3.29. The molecule has 1 aliphatic heterocycles. The summed E-state index contributed by atoms with van der Waals surface area (Å²) in [6.07, 6.45) is 6.68. The molecule has 142 valence electrons. The number of allylic oxidation sites excluding steroid dienone is 1. The van der Waals surface area contributed by atoms with Crippen molar-refractivity contribution >= 4 is 17.3 Å². The second kappa shape index (κ2) is 7.04. The summed E-state index contributed by atoms with van der Waals surface area (Å²) in [5.74, 6) is 2.75. The lowest BCUT2D eigenvalue weighted by Crippen LogP contribution is -2.43. The van der Waals surface area contributed by atoms with Crippen LogP contribution >= 0.6 is 11.6 Å². The maximum Gasteiger partial charge on any atom is 0.223 e. The molecule has 2 aromatic rings. The summed E-state index contributed by atoms with van der Waals surface area (Å²) in [7, 11) is 0. The zero-order chi connectivity index (χ0) is 19.0. The van der Waals surface area contributed by atoms with E-state index in [9.17, 15) is 0 Å². The minimum Gasteiger partial charge on any atom is -0.491 e. The first kappa shape index (κ1) is 18.1. The van der Waals surface area contributed by atoms with Crippen LogP contribution < -0.4 is 0 Å². The minimum atomic E-state index is -0.478. The number of halogens is 1. The third-order valence-corrected chi connectivity index (χ3v) is 5.31. The summed E-state index contributed by atoms with van der Waals surface area (Å²) < 4.78 is 11.5. The molecule has 0 N–H and O–H groups in total. The highest BCUT2D eigenvalue weighted by Crippen LogP contribution is 2.39. The van der Waals surface area contributed by atoms with Crippen LogP contribution in [0, 0.1) is 12.8 Å². The van der Waals surface area contributed by atoms with Gasteiger partial charge in [-0.15, -0.1) is 0 Å². The van der Waals surface area contributed by atoms with Gasteiger partial charge in [-0.3, -0.25) is 0 Å². The Hall–Kier alpha value is -2.27. The molecule has 0 atom stereocenters. The third-order valence-electron chi connectivity index (χ3n) is 5.08. The average molecular weight is 386 g/mol. The Kier molecular flexibility index (Phi) is 4.72. The standard InChI is InChI=1S/C21H24ClN3O2/c1-14-23-20(24-27-14)21(2,3)25-11-5-8-18(26-13-15-9-10-15)19(25)16-6-4-7-17(22)12-16/h4-8,12,15H,9-11,13H2,1-3H3. The summed E-state index contributed by atoms with van der Waals surface area (Å²) >= 11 is 6.29. The van der Waals surface area contributed by atoms with E-state index >= 15 is 0 Å². The molecule has 0 spiro atoms. The van der Waals surface area contributed by atoms with Gasteiger partial charge in [0.25, 0.3) is 0 Å². The highest BCUT2D eigenvalue weighted by atomic mass is 35.5. The number of hydrogen-bond donors (Lipinski definition) is 0. The van der Waals surface area contributed by atoms with Crippen molar-refractivity contribution < 1.29 is 9.26 Å². The van der Waals surface area contributed by atoms with Crippen molar-refractivity contribution in [2.45, 2.75) is 39.2 Å². The summed E-state index contributed by atoms with van der Waals surface area (Å²) in [6.45, 7) is 7.47. The van der Waals surface area contributed by atoms with Gasteiger partial charge in [0.15, 0.2) is 5.82 Å². The van der Waals surface area contributed by atoms with Crippen molar-refractivity contribution in [2.75, 3.05) is 13.2 Å². The molecule has 1 saturated carbocycles. The Morgan fingerprint density at radius 3 is 2.81 bits per heavy atom. The monoisotopic (exact) mass is 385 g/mol. The molecule has 1 aliphatic carbocycles. The van der Waals surface area contributed by atoms with E-state index < -0.39 is 5.54 Å². The van der Waals surface area contributed by atoms with Gasteiger partial charge < -0.3 is 14.2 Å². The first-order valence-corrected chi connectivity index (χ1v) is 9.71. The fraction of sp³-hybridized carbons (Fsp3) is 0.429. The van der Waals surface area contributed by atoms with E-state index in [0.29, 0.717) is 22.7 Å². The molecule has 6 heteroatoms. The van der Waals surface area contributed by atoms with Crippen LogP contribution in [0.15, 0.2) is 46.7 Å². The van der Waals surface area contributed by atoms with E-state index in [-0.39, 0.29) is 0 Å². The van der Waals surface area contributed by atoms with Crippen molar-refractivity contribution in [1.82, 2.24) is 15.0 Å². The van der Waals surface area contributed by atoms with Gasteiger partial charge in [0.2, 0.25) is 5.89 Å². The first-order valence-electron chi connectivity index (χ1n) is 9.33. The molecule has 0 unspecified atom stereocenters. The van der Waals surface area contributed by atoms with Crippen LogP contribution in [0.3, 0.4) is 0 Å². The normalized spacial score (nSPS) is 17.6. The summed E-state index contributed by atoms with van der Waals surface area (Å²) in [4.78, 5) is 6.73. The second-order valence-corrected chi connectivity index (χ2v) is 8.12. The molecule has 27 heavy (non-hydrogen) atoms. The van der Waals surface area contributed by atoms with Crippen LogP contribution in [0.2, 0.25) is 5.02 Å². The van der Waals surface area contributed by atoms with E-state index in [1.807, 2.05) is 18.2 Å². The lowest BCUT2D eigenvalue weighted by Gasteiger charge is -2.41. The lowest BCUT2D eigenvalue weighted by atomic mass is 9.96. The highest BCUT2D eigenvalue weighted by Gasteiger charge is 2.37. The largest absolute Gasteiger partial charge is 0.491 e. The predicted molar refractivity (Wildman–Crippen MR) is 105 cm³/mol. The quantitative estimate of drug-likeness (QED) is 0.705. The number of rotatable bonds is 6. The van der Waals surface area contributed by atoms with E-state index in [0.717, 1.165) is 30.2 Å². The minimum absolute atomic E-state index is 0.478.